The van der Waals surface area contributed by atoms with Gasteiger partial charge in [0.1, 0.15) is 22.9 Å². The van der Waals surface area contributed by atoms with E-state index in [1.165, 1.54) is 0 Å². The van der Waals surface area contributed by atoms with E-state index in [0.29, 0.717) is 57.1 Å². The molecule has 3 unspecified atom stereocenters. The number of cyclic esters (lactones) is 1. The van der Waals surface area contributed by atoms with E-state index in [-0.39, 0.29) is 17.6 Å². The van der Waals surface area contributed by atoms with Gasteiger partial charge < -0.3 is 24.8 Å². The normalized spacial score (nSPS) is 50.2. The van der Waals surface area contributed by atoms with Crippen molar-refractivity contribution in [3.8, 4) is 0 Å². The summed E-state index contributed by atoms with van der Waals surface area (Å²) < 4.78 is 12.0. The van der Waals surface area contributed by atoms with Crippen LogP contribution >= 0.6 is 0 Å². The number of carbonyl (C=O) groups excluding carboxylic acids is 2. The monoisotopic (exact) mass is 530 g/mol. The Kier molecular flexibility index (Phi) is 6.25. The maximum Gasteiger partial charge on any atom is 0.334 e. The first-order chi connectivity index (χ1) is 17.6. The highest BCUT2D eigenvalue weighted by atomic mass is 16.6. The molecule has 0 aromatic heterocycles. The van der Waals surface area contributed by atoms with Gasteiger partial charge in [0.15, 0.2) is 5.78 Å². The molecule has 1 heterocycles. The molecule has 3 N–H and O–H groups in total. The zero-order valence-corrected chi connectivity index (χ0v) is 24.1. The van der Waals surface area contributed by atoms with Gasteiger partial charge in [-0.05, 0) is 96.5 Å². The van der Waals surface area contributed by atoms with Crippen LogP contribution in [-0.2, 0) is 19.1 Å². The first-order valence-corrected chi connectivity index (χ1v) is 14.4. The van der Waals surface area contributed by atoms with Crippen molar-refractivity contribution < 1.29 is 34.4 Å². The third kappa shape index (κ3) is 3.05. The molecule has 7 heteroatoms. The van der Waals surface area contributed by atoms with Gasteiger partial charge in [-0.15, -0.1) is 0 Å². The van der Waals surface area contributed by atoms with E-state index in [0.717, 1.165) is 5.57 Å². The number of rotatable bonds is 4. The summed E-state index contributed by atoms with van der Waals surface area (Å²) in [6.07, 6.45) is 5.44. The molecular formula is C31H46O7. The Morgan fingerprint density at radius 2 is 1.82 bits per heavy atom. The molecule has 0 aromatic rings. The van der Waals surface area contributed by atoms with Gasteiger partial charge in [-0.2, -0.15) is 0 Å². The minimum absolute atomic E-state index is 0.00478. The van der Waals surface area contributed by atoms with Crippen LogP contribution in [0.25, 0.3) is 0 Å². The van der Waals surface area contributed by atoms with Crippen LogP contribution in [-0.4, -0.2) is 62.7 Å². The maximum atomic E-state index is 13.7. The number of aliphatic hydroxyl groups excluding tert-OH is 1. The lowest BCUT2D eigenvalue weighted by atomic mass is 9.38. The second kappa shape index (κ2) is 8.48. The van der Waals surface area contributed by atoms with Crippen LogP contribution < -0.4 is 0 Å². The van der Waals surface area contributed by atoms with Crippen molar-refractivity contribution in [1.29, 1.82) is 0 Å². The van der Waals surface area contributed by atoms with Crippen molar-refractivity contribution in [2.24, 2.45) is 28.1 Å². The van der Waals surface area contributed by atoms with E-state index in [4.69, 9.17) is 9.47 Å². The first-order valence-electron chi connectivity index (χ1n) is 14.4. The number of ketones is 1. The Bertz CT molecular complexity index is 1110. The number of esters is 1. The number of fused-ring (bicyclic) bond motifs is 5. The molecule has 10 atom stereocenters. The number of hydrogen-bond donors (Lipinski definition) is 3. The van der Waals surface area contributed by atoms with Gasteiger partial charge in [0.2, 0.25) is 0 Å². The second-order valence-electron chi connectivity index (χ2n) is 13.8. The fraction of sp³-hybridized carbons (Fsp3) is 0.806. The van der Waals surface area contributed by atoms with Gasteiger partial charge in [-0.25, -0.2) is 4.79 Å². The fourth-order valence-corrected chi connectivity index (χ4v) is 9.92. The molecule has 3 saturated carbocycles. The van der Waals surface area contributed by atoms with Gasteiger partial charge in [-0.3, -0.25) is 4.79 Å². The topological polar surface area (TPSA) is 113 Å². The molecule has 5 rings (SSSR count). The average Bonchev–Trinajstić information content (AvgIpc) is 3.08. The van der Waals surface area contributed by atoms with Gasteiger partial charge in [0.05, 0.1) is 11.5 Å². The summed E-state index contributed by atoms with van der Waals surface area (Å²) in [7, 11) is 0. The molecule has 5 aliphatic rings. The van der Waals surface area contributed by atoms with Gasteiger partial charge >= 0.3 is 5.97 Å². The van der Waals surface area contributed by atoms with Crippen molar-refractivity contribution in [2.75, 3.05) is 6.61 Å². The van der Waals surface area contributed by atoms with E-state index in [1.807, 2.05) is 26.8 Å². The summed E-state index contributed by atoms with van der Waals surface area (Å²) in [5.41, 5.74) is -4.81. The third-order valence-electron chi connectivity index (χ3n) is 12.8. The minimum Gasteiger partial charge on any atom is -0.455 e. The SMILES string of the molecule is CCO[C@]12CC=CC(=O)[C@]1(C)C1CC[C@]3(C)[C@](O)([C@@](C)(O)C4CC(C)=C(C)C(=O)O4)CC[C@@]3(C)C1C[C@H]2O. The fourth-order valence-electron chi connectivity index (χ4n) is 9.92. The lowest BCUT2D eigenvalue weighted by Crippen LogP contribution is -2.74. The van der Waals surface area contributed by atoms with E-state index in [1.54, 1.807) is 19.9 Å². The quantitative estimate of drug-likeness (QED) is 0.471. The largest absolute Gasteiger partial charge is 0.455 e. The zero-order valence-electron chi connectivity index (χ0n) is 24.1. The summed E-state index contributed by atoms with van der Waals surface area (Å²) in [5.74, 6) is -0.518. The Morgan fingerprint density at radius 1 is 1.13 bits per heavy atom. The van der Waals surface area contributed by atoms with Crippen molar-refractivity contribution in [3.05, 3.63) is 23.3 Å². The molecule has 212 valence electrons. The molecule has 3 fully saturated rings. The molecule has 0 amide bonds. The van der Waals surface area contributed by atoms with Crippen LogP contribution in [0.15, 0.2) is 23.3 Å². The smallest absolute Gasteiger partial charge is 0.334 e. The van der Waals surface area contributed by atoms with Crippen LogP contribution in [0.2, 0.25) is 0 Å². The zero-order chi connectivity index (χ0) is 28.1. The molecule has 7 nitrogen and oxygen atoms in total. The number of hydrogen-bond acceptors (Lipinski definition) is 7. The van der Waals surface area contributed by atoms with Crippen LogP contribution in [0.3, 0.4) is 0 Å². The molecule has 0 saturated heterocycles. The summed E-state index contributed by atoms with van der Waals surface area (Å²) in [4.78, 5) is 26.2. The van der Waals surface area contributed by atoms with Crippen molar-refractivity contribution in [1.82, 2.24) is 0 Å². The van der Waals surface area contributed by atoms with Gasteiger partial charge in [0.25, 0.3) is 0 Å². The average molecular weight is 531 g/mol. The molecular weight excluding hydrogens is 484 g/mol. The number of ether oxygens (including phenoxy) is 2. The standard InChI is InChI=1S/C31H46O7/c1-8-37-30-12-9-10-22(32)28(30,6)20-11-13-27(5)26(4,21(20)17-23(30)33)14-15-31(27,36)29(7,35)24-16-18(2)19(3)25(34)38-24/h9-10,20-21,23-24,33,35-36H,8,11-17H2,1-7H3/t20?,21?,23-,24?,26+,27+,28+,29+,30+,31+/m1/s1. The molecule has 0 bridgehead atoms. The van der Waals surface area contributed by atoms with Gasteiger partial charge in [-0.1, -0.05) is 25.5 Å². The van der Waals surface area contributed by atoms with Crippen molar-refractivity contribution >= 4 is 11.8 Å². The Balaban J connectivity index is 1.56. The predicted octanol–water partition coefficient (Wildman–Crippen LogP) is 4.03. The van der Waals surface area contributed by atoms with E-state index < -0.39 is 51.2 Å². The third-order valence-corrected chi connectivity index (χ3v) is 12.8. The summed E-state index contributed by atoms with van der Waals surface area (Å²) >= 11 is 0. The number of allylic oxidation sites excluding steroid dienone is 1. The van der Waals surface area contributed by atoms with Crippen LogP contribution in [0, 0.1) is 28.1 Å². The summed E-state index contributed by atoms with van der Waals surface area (Å²) in [6.45, 7) is 13.8. The summed E-state index contributed by atoms with van der Waals surface area (Å²) in [6, 6.07) is 0. The first kappa shape index (κ1) is 28.0. The van der Waals surface area contributed by atoms with Gasteiger partial charge in [0, 0.05) is 24.0 Å². The molecule has 0 radical (unpaired) electrons. The highest BCUT2D eigenvalue weighted by molar-refractivity contribution is 5.97. The Hall–Kier alpha value is -1.54. The second-order valence-corrected chi connectivity index (χ2v) is 13.8. The van der Waals surface area contributed by atoms with E-state index >= 15 is 0 Å². The number of aliphatic hydroxyl groups is 3. The Morgan fingerprint density at radius 3 is 2.45 bits per heavy atom. The van der Waals surface area contributed by atoms with Crippen LogP contribution in [0.4, 0.5) is 0 Å². The maximum absolute atomic E-state index is 13.7. The predicted molar refractivity (Wildman–Crippen MR) is 142 cm³/mol. The molecule has 38 heavy (non-hydrogen) atoms. The number of carbonyl (C=O) groups is 2. The lowest BCUT2D eigenvalue weighted by molar-refractivity contribution is -0.289. The van der Waals surface area contributed by atoms with E-state index in [9.17, 15) is 24.9 Å². The highest BCUT2D eigenvalue weighted by Crippen LogP contribution is 2.75. The van der Waals surface area contributed by atoms with Crippen LogP contribution in [0.5, 0.6) is 0 Å². The Labute approximate surface area is 226 Å². The minimum atomic E-state index is -1.68. The van der Waals surface area contributed by atoms with Crippen molar-refractivity contribution in [2.45, 2.75) is 122 Å². The van der Waals surface area contributed by atoms with Crippen molar-refractivity contribution in [3.63, 3.8) is 0 Å². The van der Waals surface area contributed by atoms with Crippen LogP contribution in [0.1, 0.15) is 93.4 Å². The van der Waals surface area contributed by atoms with E-state index in [2.05, 4.69) is 13.8 Å². The lowest BCUT2D eigenvalue weighted by Gasteiger charge is -2.68. The molecule has 0 spiro atoms. The summed E-state index contributed by atoms with van der Waals surface area (Å²) in [5, 5.41) is 36.4. The molecule has 0 aromatic carbocycles. The highest BCUT2D eigenvalue weighted by Gasteiger charge is 2.77. The molecule has 4 aliphatic carbocycles. The molecule has 1 aliphatic heterocycles.